The number of alkyl halides is 3. The second-order valence-corrected chi connectivity index (χ2v) is 17.9. The van der Waals surface area contributed by atoms with Gasteiger partial charge in [0.15, 0.2) is 0 Å². The number of H-pyrrole nitrogens is 1. The van der Waals surface area contributed by atoms with Crippen molar-refractivity contribution in [3.63, 3.8) is 0 Å². The lowest BCUT2D eigenvalue weighted by Crippen LogP contribution is -2.56. The molecule has 4 unspecified atom stereocenters. The predicted octanol–water partition coefficient (Wildman–Crippen LogP) is 6.44. The molecule has 67 heavy (non-hydrogen) atoms. The Morgan fingerprint density at radius 1 is 0.985 bits per heavy atom. The fourth-order valence-corrected chi connectivity index (χ4v) is 8.91. The fraction of sp³-hybridized carbons (Fsp3) is 0.478. The number of piperazine rings is 1. The van der Waals surface area contributed by atoms with Gasteiger partial charge in [-0.1, -0.05) is 35.9 Å². The number of aliphatic hydroxyl groups is 1. The number of methoxy groups -OCH3 is 2. The van der Waals surface area contributed by atoms with Crippen LogP contribution in [0.5, 0.6) is 5.75 Å². The minimum absolute atomic E-state index is 0.00407. The van der Waals surface area contributed by atoms with E-state index in [0.29, 0.717) is 80.6 Å². The summed E-state index contributed by atoms with van der Waals surface area (Å²) < 4.78 is 62.0. The second-order valence-electron chi connectivity index (χ2n) is 17.5. The molecule has 2 aromatic carbocycles. The summed E-state index contributed by atoms with van der Waals surface area (Å²) in [6, 6.07) is 10.5. The summed E-state index contributed by atoms with van der Waals surface area (Å²) in [6.45, 7) is 7.54. The number of benzene rings is 2. The molecule has 0 saturated carbocycles. The van der Waals surface area contributed by atoms with Gasteiger partial charge in [0.1, 0.15) is 23.4 Å². The predicted molar refractivity (Wildman–Crippen MR) is 240 cm³/mol. The average Bonchev–Trinajstić information content (AvgIpc) is 3.99. The number of pyridine rings is 1. The molecule has 21 heteroatoms. The van der Waals surface area contributed by atoms with Gasteiger partial charge in [-0.2, -0.15) is 0 Å². The van der Waals surface area contributed by atoms with Gasteiger partial charge >= 0.3 is 12.5 Å². The largest absolute Gasteiger partial charge is 0.573 e. The summed E-state index contributed by atoms with van der Waals surface area (Å²) in [5.41, 5.74) is 0.623. The van der Waals surface area contributed by atoms with Gasteiger partial charge in [0.05, 0.1) is 59.4 Å². The highest BCUT2D eigenvalue weighted by atomic mass is 35.5. The number of alkyl carbamates (subject to hydrolysis) is 1. The van der Waals surface area contributed by atoms with Crippen molar-refractivity contribution in [3.8, 4) is 28.1 Å². The van der Waals surface area contributed by atoms with Crippen molar-refractivity contribution >= 4 is 46.9 Å². The first-order valence-electron chi connectivity index (χ1n) is 21.8. The van der Waals surface area contributed by atoms with E-state index in [2.05, 4.69) is 30.3 Å². The molecule has 0 spiro atoms. The maximum Gasteiger partial charge on any atom is 0.573 e. The number of imidazole rings is 1. The molecule has 0 aliphatic carbocycles. The van der Waals surface area contributed by atoms with Crippen LogP contribution in [0.1, 0.15) is 62.3 Å². The monoisotopic (exact) mass is 954 g/mol. The Morgan fingerprint density at radius 3 is 2.33 bits per heavy atom. The number of hydrogen-bond acceptors (Lipinski definition) is 12. The number of anilines is 2. The zero-order valence-corrected chi connectivity index (χ0v) is 38.4. The van der Waals surface area contributed by atoms with Crippen LogP contribution < -0.4 is 20.3 Å². The van der Waals surface area contributed by atoms with E-state index < -0.39 is 41.6 Å². The summed E-state index contributed by atoms with van der Waals surface area (Å²) in [6.07, 6.45) is -1.57. The number of aromatic amines is 1. The summed E-state index contributed by atoms with van der Waals surface area (Å²) >= 11 is 6.61. The highest BCUT2D eigenvalue weighted by Crippen LogP contribution is 2.41. The van der Waals surface area contributed by atoms with Gasteiger partial charge in [0.2, 0.25) is 11.8 Å². The highest BCUT2D eigenvalue weighted by Gasteiger charge is 2.43. The first-order valence-corrected chi connectivity index (χ1v) is 22.2. The number of aromatic nitrogens is 3. The molecule has 3 fully saturated rings. The van der Waals surface area contributed by atoms with E-state index in [1.165, 1.54) is 25.4 Å². The molecule has 3 aliphatic heterocycles. The molecule has 17 nitrogen and oxygen atoms in total. The number of aliphatic hydroxyl groups excluding tert-OH is 1. The minimum Gasteiger partial charge on any atom is -0.453 e. The van der Waals surface area contributed by atoms with E-state index in [1.54, 1.807) is 67.3 Å². The molecular formula is C46H54ClF3N8O9. The van der Waals surface area contributed by atoms with Crippen molar-refractivity contribution in [1.29, 1.82) is 0 Å². The molecule has 5 heterocycles. The van der Waals surface area contributed by atoms with Gasteiger partial charge in [0.25, 0.3) is 5.91 Å². The molecule has 2 aromatic heterocycles. The van der Waals surface area contributed by atoms with Gasteiger partial charge < -0.3 is 54.4 Å². The van der Waals surface area contributed by atoms with E-state index in [0.717, 1.165) is 6.07 Å². The summed E-state index contributed by atoms with van der Waals surface area (Å²) in [5, 5.41) is 14.9. The first kappa shape index (κ1) is 49.0. The molecule has 0 bridgehead atoms. The average molecular weight is 955 g/mol. The maximum absolute atomic E-state index is 14.2. The number of amides is 4. The molecular weight excluding hydrogens is 901 g/mol. The maximum atomic E-state index is 14.2. The lowest BCUT2D eigenvalue weighted by atomic mass is 9.90. The Hall–Kier alpha value is -5.96. The van der Waals surface area contributed by atoms with Crippen LogP contribution in [0.25, 0.3) is 22.4 Å². The van der Waals surface area contributed by atoms with Crippen molar-refractivity contribution in [2.45, 2.75) is 70.6 Å². The van der Waals surface area contributed by atoms with E-state index in [9.17, 15) is 37.5 Å². The lowest BCUT2D eigenvalue weighted by molar-refractivity contribution is -0.274. The minimum atomic E-state index is -5.08. The molecule has 3 saturated heterocycles. The Bertz CT molecular complexity index is 2410. The summed E-state index contributed by atoms with van der Waals surface area (Å²) in [5.74, 6) is -0.845. The first-order chi connectivity index (χ1) is 31.9. The number of nitrogens with one attached hydrogen (secondary N) is 3. The van der Waals surface area contributed by atoms with E-state index in [1.807, 2.05) is 11.8 Å². The van der Waals surface area contributed by atoms with Crippen molar-refractivity contribution in [2.24, 2.45) is 11.3 Å². The molecule has 360 valence electrons. The Kier molecular flexibility index (Phi) is 15.0. The van der Waals surface area contributed by atoms with E-state index in [4.69, 9.17) is 25.8 Å². The molecule has 4 atom stereocenters. The van der Waals surface area contributed by atoms with Crippen LogP contribution in [-0.4, -0.2) is 138 Å². The van der Waals surface area contributed by atoms with Crippen LogP contribution >= 0.6 is 11.6 Å². The van der Waals surface area contributed by atoms with Gasteiger partial charge in [-0.05, 0) is 68.9 Å². The van der Waals surface area contributed by atoms with Gasteiger partial charge in [-0.25, -0.2) is 14.8 Å². The molecule has 0 radical (unpaired) electrons. The highest BCUT2D eigenvalue weighted by molar-refractivity contribution is 6.34. The number of carbonyl (C=O) groups excluding carboxylic acids is 4. The zero-order chi connectivity index (χ0) is 48.2. The smallest absolute Gasteiger partial charge is 0.453 e. The van der Waals surface area contributed by atoms with Crippen molar-refractivity contribution in [3.05, 3.63) is 77.3 Å². The third kappa shape index (κ3) is 11.3. The van der Waals surface area contributed by atoms with Crippen molar-refractivity contribution < 1.29 is 56.4 Å². The molecule has 4 N–H and O–H groups in total. The van der Waals surface area contributed by atoms with Crippen LogP contribution in [0.4, 0.5) is 29.5 Å². The van der Waals surface area contributed by atoms with E-state index in [-0.39, 0.29) is 64.9 Å². The lowest BCUT2D eigenvalue weighted by Gasteiger charge is -2.42. The van der Waals surface area contributed by atoms with Crippen LogP contribution in [0.15, 0.2) is 60.9 Å². The third-order valence-electron chi connectivity index (χ3n) is 12.5. The number of carbonyl (C=O) groups is 4. The van der Waals surface area contributed by atoms with Crippen LogP contribution in [-0.2, 0) is 23.8 Å². The SMILES string of the molecule is COC(=O)NC(C(=O)N1CC(OC)CC1c1ncc(-c2ccc(-c3cc(Cl)c(NC(=O)c4ccc(N5CCN(C(=O)C(C)(C)CO)CC5C)nc4)cc3OC(F)(F)F)cc2)[nH]1)C1CCOCC1. The van der Waals surface area contributed by atoms with Crippen molar-refractivity contribution in [2.75, 3.05) is 70.4 Å². The van der Waals surface area contributed by atoms with Crippen molar-refractivity contribution in [1.82, 2.24) is 30.1 Å². The summed E-state index contributed by atoms with van der Waals surface area (Å²) in [4.78, 5) is 70.6. The number of rotatable bonds is 13. The second kappa shape index (κ2) is 20.5. The topological polar surface area (TPSA) is 201 Å². The van der Waals surface area contributed by atoms with Crippen LogP contribution in [0, 0.1) is 11.3 Å². The number of ether oxygens (including phenoxy) is 4. The van der Waals surface area contributed by atoms with Gasteiger partial charge in [-0.15, -0.1) is 13.2 Å². The molecule has 4 aromatic rings. The number of nitrogens with zero attached hydrogens (tertiary/aromatic N) is 5. The van der Waals surface area contributed by atoms with Crippen LogP contribution in [0.2, 0.25) is 5.02 Å². The van der Waals surface area contributed by atoms with Crippen LogP contribution in [0.3, 0.4) is 0 Å². The number of halogens is 4. The van der Waals surface area contributed by atoms with Gasteiger partial charge in [0, 0.05) is 76.8 Å². The molecule has 7 rings (SSSR count). The Balaban J connectivity index is 1.06. The normalized spacial score (nSPS) is 19.8. The quantitative estimate of drug-likeness (QED) is 0.115. The number of likely N-dealkylation sites (tertiary alicyclic amines) is 1. The Morgan fingerprint density at radius 2 is 1.70 bits per heavy atom. The zero-order valence-electron chi connectivity index (χ0n) is 37.7. The number of hydrogen-bond donors (Lipinski definition) is 4. The Labute approximate surface area is 390 Å². The van der Waals surface area contributed by atoms with Gasteiger partial charge in [-0.3, -0.25) is 14.4 Å². The fourth-order valence-electron chi connectivity index (χ4n) is 8.69. The standard InChI is InChI=1S/C46H54ClF3N8O9/c1-26-23-56(43(62)45(2,3)25-59)14-15-57(26)38-11-10-30(21-51-38)41(60)54-34-20-37(67-46(48,49)50)32(19-33(34)47)27-6-8-28(9-7-27)35-22-52-40(53-35)36-18-31(64-4)24-58(36)42(61)39(55-44(63)65-5)29-12-16-66-17-13-29/h6-11,19-22,26,29,31,36,39,59H,12-18,23-25H2,1-5H3,(H,52,53)(H,54,60)(H,55,63). The summed E-state index contributed by atoms with van der Waals surface area (Å²) in [7, 11) is 2.80. The third-order valence-corrected chi connectivity index (χ3v) is 12.8. The van der Waals surface area contributed by atoms with E-state index >= 15 is 0 Å². The molecule has 4 amide bonds. The molecule has 3 aliphatic rings.